The molecule has 1 N–H and O–H groups in total. The monoisotopic (exact) mass is 248 g/mol. The van der Waals surface area contributed by atoms with Gasteiger partial charge in [0.25, 0.3) is 0 Å². The van der Waals surface area contributed by atoms with Gasteiger partial charge in [-0.3, -0.25) is 0 Å². The van der Waals surface area contributed by atoms with E-state index in [1.165, 1.54) is 36.9 Å². The van der Waals surface area contributed by atoms with E-state index < -0.39 is 0 Å². The summed E-state index contributed by atoms with van der Waals surface area (Å²) < 4.78 is 0. The first-order valence-corrected chi connectivity index (χ1v) is 6.69. The fourth-order valence-electron chi connectivity index (χ4n) is 2.39. The quantitative estimate of drug-likeness (QED) is 0.809. The van der Waals surface area contributed by atoms with Gasteiger partial charge in [0.05, 0.1) is 0 Å². The second kappa shape index (κ2) is 5.50. The van der Waals surface area contributed by atoms with Crippen molar-refractivity contribution in [3.8, 4) is 0 Å². The highest BCUT2D eigenvalue weighted by atomic mass is 32.1. The van der Waals surface area contributed by atoms with Gasteiger partial charge in [0.2, 0.25) is 0 Å². The van der Waals surface area contributed by atoms with Crippen LogP contribution in [0, 0.1) is 6.92 Å². The smallest absolute Gasteiger partial charge is 0.173 e. The lowest BCUT2D eigenvalue weighted by atomic mass is 10.2. The van der Waals surface area contributed by atoms with E-state index in [0.29, 0.717) is 6.04 Å². The Kier molecular flexibility index (Phi) is 4.00. The number of hydrogen-bond donors (Lipinski definition) is 1. The lowest BCUT2D eigenvalue weighted by Gasteiger charge is -2.25. The van der Waals surface area contributed by atoms with Crippen LogP contribution >= 0.6 is 12.2 Å². The van der Waals surface area contributed by atoms with Crippen LogP contribution in [0.1, 0.15) is 31.2 Å². The zero-order valence-corrected chi connectivity index (χ0v) is 11.4. The number of hydrogen-bond acceptors (Lipinski definition) is 1. The summed E-state index contributed by atoms with van der Waals surface area (Å²) in [6, 6.07) is 8.91. The zero-order valence-electron chi connectivity index (χ0n) is 10.6. The Morgan fingerprint density at radius 2 is 1.94 bits per heavy atom. The molecular weight excluding hydrogens is 228 g/mol. The predicted octanol–water partition coefficient (Wildman–Crippen LogP) is 3.25. The highest BCUT2D eigenvalue weighted by molar-refractivity contribution is 7.80. The lowest BCUT2D eigenvalue weighted by molar-refractivity contribution is 0.630. The Balaban J connectivity index is 2.01. The van der Waals surface area contributed by atoms with Crippen LogP contribution in [0.2, 0.25) is 0 Å². The third-order valence-corrected chi connectivity index (χ3v) is 3.86. The van der Waals surface area contributed by atoms with Crippen LogP contribution in [-0.4, -0.2) is 18.2 Å². The zero-order chi connectivity index (χ0) is 12.3. The van der Waals surface area contributed by atoms with E-state index in [4.69, 9.17) is 12.2 Å². The van der Waals surface area contributed by atoms with Gasteiger partial charge >= 0.3 is 0 Å². The van der Waals surface area contributed by atoms with Crippen LogP contribution in [0.3, 0.4) is 0 Å². The van der Waals surface area contributed by atoms with Crippen LogP contribution in [0.25, 0.3) is 0 Å². The standard InChI is InChI=1S/C14H20N2S/c1-11-7-3-6-10-13(11)16(2)14(17)15-12-8-4-5-9-12/h3,6-7,10,12H,4-5,8-9H2,1-2H3,(H,15,17). The predicted molar refractivity (Wildman–Crippen MR) is 77.6 cm³/mol. The van der Waals surface area contributed by atoms with Gasteiger partial charge in [0.15, 0.2) is 5.11 Å². The van der Waals surface area contributed by atoms with E-state index >= 15 is 0 Å². The van der Waals surface area contributed by atoms with Gasteiger partial charge in [-0.15, -0.1) is 0 Å². The average molecular weight is 248 g/mol. The molecule has 0 atom stereocenters. The molecule has 2 nitrogen and oxygen atoms in total. The number of anilines is 1. The summed E-state index contributed by atoms with van der Waals surface area (Å²) in [6.45, 7) is 2.12. The molecule has 1 saturated carbocycles. The topological polar surface area (TPSA) is 15.3 Å². The second-order valence-corrected chi connectivity index (χ2v) is 5.16. The molecular formula is C14H20N2S. The Bertz CT molecular complexity index is 397. The third kappa shape index (κ3) is 2.97. The van der Waals surface area contributed by atoms with Crippen molar-refractivity contribution >= 4 is 23.0 Å². The SMILES string of the molecule is Cc1ccccc1N(C)C(=S)NC1CCCC1. The maximum atomic E-state index is 5.47. The van der Waals surface area contributed by atoms with Crippen molar-refractivity contribution in [3.05, 3.63) is 29.8 Å². The lowest BCUT2D eigenvalue weighted by Crippen LogP contribution is -2.42. The first-order valence-electron chi connectivity index (χ1n) is 6.28. The number of aryl methyl sites for hydroxylation is 1. The van der Waals surface area contributed by atoms with Gasteiger partial charge in [-0.25, -0.2) is 0 Å². The van der Waals surface area contributed by atoms with Crippen LogP contribution in [-0.2, 0) is 0 Å². The summed E-state index contributed by atoms with van der Waals surface area (Å²) in [7, 11) is 2.03. The van der Waals surface area contributed by atoms with Crippen LogP contribution < -0.4 is 10.2 Å². The van der Waals surface area contributed by atoms with Crippen molar-refractivity contribution in [1.82, 2.24) is 5.32 Å². The van der Waals surface area contributed by atoms with E-state index in [-0.39, 0.29) is 0 Å². The summed E-state index contributed by atoms with van der Waals surface area (Å²) in [5, 5.41) is 4.30. The molecule has 92 valence electrons. The number of nitrogens with one attached hydrogen (secondary N) is 1. The van der Waals surface area contributed by atoms with Crippen molar-refractivity contribution in [2.75, 3.05) is 11.9 Å². The molecule has 1 aromatic rings. The number of rotatable bonds is 2. The molecule has 2 rings (SSSR count). The Labute approximate surface area is 109 Å². The van der Waals surface area contributed by atoms with Crippen LogP contribution in [0.4, 0.5) is 5.69 Å². The molecule has 0 unspecified atom stereocenters. The second-order valence-electron chi connectivity index (χ2n) is 4.78. The Hall–Kier alpha value is -1.09. The number of thiocarbonyl (C=S) groups is 1. The normalized spacial score (nSPS) is 15.9. The summed E-state index contributed by atoms with van der Waals surface area (Å²) in [4.78, 5) is 2.07. The molecule has 0 spiro atoms. The van der Waals surface area contributed by atoms with Crippen molar-refractivity contribution in [2.45, 2.75) is 38.6 Å². The molecule has 1 aromatic carbocycles. The van der Waals surface area contributed by atoms with E-state index in [1.807, 2.05) is 7.05 Å². The fraction of sp³-hybridized carbons (Fsp3) is 0.500. The molecule has 0 heterocycles. The molecule has 1 aliphatic carbocycles. The minimum atomic E-state index is 0.578. The largest absolute Gasteiger partial charge is 0.360 e. The number of para-hydroxylation sites is 1. The number of benzene rings is 1. The van der Waals surface area contributed by atoms with Crippen molar-refractivity contribution in [2.24, 2.45) is 0 Å². The maximum absolute atomic E-state index is 5.47. The van der Waals surface area contributed by atoms with E-state index in [9.17, 15) is 0 Å². The Morgan fingerprint density at radius 1 is 1.29 bits per heavy atom. The molecule has 0 radical (unpaired) electrons. The molecule has 1 aliphatic rings. The minimum absolute atomic E-state index is 0.578. The molecule has 0 saturated heterocycles. The van der Waals surface area contributed by atoms with Gasteiger partial charge in [-0.1, -0.05) is 31.0 Å². The van der Waals surface area contributed by atoms with Gasteiger partial charge < -0.3 is 10.2 Å². The fourth-order valence-corrected chi connectivity index (χ4v) is 2.66. The summed E-state index contributed by atoms with van der Waals surface area (Å²) in [6.07, 6.45) is 5.16. The van der Waals surface area contributed by atoms with Crippen molar-refractivity contribution in [1.29, 1.82) is 0 Å². The summed E-state index contributed by atoms with van der Waals surface area (Å²) in [5.41, 5.74) is 2.44. The highest BCUT2D eigenvalue weighted by Crippen LogP contribution is 2.20. The van der Waals surface area contributed by atoms with E-state index in [2.05, 4.69) is 41.4 Å². The van der Waals surface area contributed by atoms with Gasteiger partial charge in [0, 0.05) is 18.8 Å². The maximum Gasteiger partial charge on any atom is 0.173 e. The summed E-state index contributed by atoms with van der Waals surface area (Å²) in [5.74, 6) is 0. The highest BCUT2D eigenvalue weighted by Gasteiger charge is 2.17. The van der Waals surface area contributed by atoms with Gasteiger partial charge in [-0.05, 0) is 43.6 Å². The van der Waals surface area contributed by atoms with Gasteiger partial charge in [0.1, 0.15) is 0 Å². The Morgan fingerprint density at radius 3 is 2.59 bits per heavy atom. The molecule has 1 fully saturated rings. The molecule has 3 heteroatoms. The van der Waals surface area contributed by atoms with Crippen molar-refractivity contribution < 1.29 is 0 Å². The third-order valence-electron chi connectivity index (χ3n) is 3.46. The summed E-state index contributed by atoms with van der Waals surface area (Å²) >= 11 is 5.47. The minimum Gasteiger partial charge on any atom is -0.360 e. The molecule has 0 aliphatic heterocycles. The first kappa shape index (κ1) is 12.4. The van der Waals surface area contributed by atoms with E-state index in [0.717, 1.165) is 5.11 Å². The molecule has 0 bridgehead atoms. The first-order chi connectivity index (χ1) is 8.18. The average Bonchev–Trinajstić information content (AvgIpc) is 2.81. The van der Waals surface area contributed by atoms with Gasteiger partial charge in [-0.2, -0.15) is 0 Å². The van der Waals surface area contributed by atoms with E-state index in [1.54, 1.807) is 0 Å². The molecule has 0 aromatic heterocycles. The molecule has 17 heavy (non-hydrogen) atoms. The van der Waals surface area contributed by atoms with Crippen LogP contribution in [0.15, 0.2) is 24.3 Å². The number of nitrogens with zero attached hydrogens (tertiary/aromatic N) is 1. The molecule has 0 amide bonds. The van der Waals surface area contributed by atoms with Crippen molar-refractivity contribution in [3.63, 3.8) is 0 Å². The van der Waals surface area contributed by atoms with Crippen LogP contribution in [0.5, 0.6) is 0 Å².